The van der Waals surface area contributed by atoms with Gasteiger partial charge in [0.2, 0.25) is 0 Å². The van der Waals surface area contributed by atoms with Crippen LogP contribution in [0.25, 0.3) is 0 Å². The first-order chi connectivity index (χ1) is 7.63. The van der Waals surface area contributed by atoms with Crippen molar-refractivity contribution in [1.82, 2.24) is 0 Å². The van der Waals surface area contributed by atoms with Gasteiger partial charge in [-0.2, -0.15) is 0 Å². The van der Waals surface area contributed by atoms with Crippen molar-refractivity contribution in [1.29, 1.82) is 0 Å². The van der Waals surface area contributed by atoms with Crippen LogP contribution in [0.1, 0.15) is 0 Å². The lowest BCUT2D eigenvalue weighted by Crippen LogP contribution is -2.01. The van der Waals surface area contributed by atoms with Crippen molar-refractivity contribution in [2.75, 3.05) is 19.4 Å². The molecule has 1 atom stereocenters. The van der Waals surface area contributed by atoms with Crippen molar-refractivity contribution in [2.45, 2.75) is 4.90 Å². The van der Waals surface area contributed by atoms with Crippen LogP contribution < -0.4 is 10.5 Å². The topological polar surface area (TPSA) is 52.3 Å². The largest absolute Gasteiger partial charge is 0.487 e. The van der Waals surface area contributed by atoms with E-state index in [4.69, 9.17) is 10.5 Å². The van der Waals surface area contributed by atoms with Crippen molar-refractivity contribution in [3.8, 4) is 5.75 Å². The zero-order valence-electron chi connectivity index (χ0n) is 8.98. The van der Waals surface area contributed by atoms with Gasteiger partial charge in [-0.15, -0.1) is 0 Å². The van der Waals surface area contributed by atoms with Crippen molar-refractivity contribution >= 4 is 10.8 Å². The van der Waals surface area contributed by atoms with Gasteiger partial charge in [-0.25, -0.2) is 4.39 Å². The Balaban J connectivity index is 2.56. The van der Waals surface area contributed by atoms with E-state index in [1.807, 2.05) is 0 Å². The number of hydrogen-bond donors (Lipinski definition) is 1. The molecule has 0 spiro atoms. The summed E-state index contributed by atoms with van der Waals surface area (Å²) in [7, 11) is -1.01. The summed E-state index contributed by atoms with van der Waals surface area (Å²) in [5.74, 6) is 0.139. The second-order valence-corrected chi connectivity index (χ2v) is 4.48. The van der Waals surface area contributed by atoms with Gasteiger partial charge in [0.05, 0.1) is 0 Å². The van der Waals surface area contributed by atoms with E-state index in [1.165, 1.54) is 6.08 Å². The summed E-state index contributed by atoms with van der Waals surface area (Å²) in [4.78, 5) is 0.713. The first-order valence-corrected chi connectivity index (χ1v) is 6.30. The number of hydrogen-bond acceptors (Lipinski definition) is 3. The Bertz CT molecular complexity index is 389. The average molecular weight is 243 g/mol. The molecule has 1 unspecified atom stereocenters. The van der Waals surface area contributed by atoms with Gasteiger partial charge in [-0.1, -0.05) is 0 Å². The van der Waals surface area contributed by atoms with Crippen LogP contribution in [-0.2, 0) is 10.8 Å². The maximum absolute atomic E-state index is 12.9. The highest BCUT2D eigenvalue weighted by atomic mass is 32.2. The van der Waals surface area contributed by atoms with Gasteiger partial charge in [0.15, 0.2) is 0 Å². The number of rotatable bonds is 5. The fourth-order valence-corrected chi connectivity index (χ4v) is 1.59. The molecule has 16 heavy (non-hydrogen) atoms. The van der Waals surface area contributed by atoms with Gasteiger partial charge in [-0.05, 0) is 30.3 Å². The zero-order valence-corrected chi connectivity index (χ0v) is 9.80. The van der Waals surface area contributed by atoms with E-state index in [1.54, 1.807) is 30.5 Å². The maximum Gasteiger partial charge on any atom is 0.139 e. The SMILES string of the molecule is CS(=O)c1ccc(OC/C(F)=C/CN)cc1. The predicted molar refractivity (Wildman–Crippen MR) is 62.5 cm³/mol. The van der Waals surface area contributed by atoms with Gasteiger partial charge in [0, 0.05) is 28.5 Å². The minimum absolute atomic E-state index is 0.133. The van der Waals surface area contributed by atoms with E-state index in [0.29, 0.717) is 10.6 Å². The molecule has 5 heteroatoms. The molecule has 0 aliphatic rings. The highest BCUT2D eigenvalue weighted by Crippen LogP contribution is 2.15. The normalized spacial score (nSPS) is 13.6. The van der Waals surface area contributed by atoms with Gasteiger partial charge < -0.3 is 10.5 Å². The Labute approximate surface area is 96.6 Å². The Kier molecular flexibility index (Phi) is 5.14. The van der Waals surface area contributed by atoms with Crippen molar-refractivity contribution < 1.29 is 13.3 Å². The van der Waals surface area contributed by atoms with E-state index in [-0.39, 0.29) is 13.2 Å². The molecule has 88 valence electrons. The minimum atomic E-state index is -1.01. The number of benzene rings is 1. The van der Waals surface area contributed by atoms with Crippen LogP contribution in [-0.4, -0.2) is 23.6 Å². The molecular formula is C11H14FNO2S. The van der Waals surface area contributed by atoms with Crippen molar-refractivity contribution in [3.05, 3.63) is 36.2 Å². The Morgan fingerprint density at radius 1 is 1.50 bits per heavy atom. The minimum Gasteiger partial charge on any atom is -0.487 e. The molecule has 1 aromatic carbocycles. The molecular weight excluding hydrogens is 229 g/mol. The molecule has 2 N–H and O–H groups in total. The average Bonchev–Trinajstić information content (AvgIpc) is 2.27. The van der Waals surface area contributed by atoms with Gasteiger partial charge in [-0.3, -0.25) is 4.21 Å². The van der Waals surface area contributed by atoms with Gasteiger partial charge >= 0.3 is 0 Å². The van der Waals surface area contributed by atoms with E-state index >= 15 is 0 Å². The summed E-state index contributed by atoms with van der Waals surface area (Å²) >= 11 is 0. The Morgan fingerprint density at radius 2 is 2.12 bits per heavy atom. The molecule has 1 rings (SSSR count). The lowest BCUT2D eigenvalue weighted by Gasteiger charge is -2.05. The predicted octanol–water partition coefficient (Wildman–Crippen LogP) is 1.61. The standard InChI is InChI=1S/C11H14FNO2S/c1-16(14)11-4-2-10(3-5-11)15-8-9(12)6-7-13/h2-6H,7-8,13H2,1H3/b9-6-. The van der Waals surface area contributed by atoms with E-state index in [0.717, 1.165) is 0 Å². The first-order valence-electron chi connectivity index (χ1n) is 4.74. The quantitative estimate of drug-likeness (QED) is 0.855. The van der Waals surface area contributed by atoms with Crippen LogP contribution in [0.4, 0.5) is 4.39 Å². The molecule has 0 bridgehead atoms. The molecule has 0 saturated carbocycles. The van der Waals surface area contributed by atoms with Crippen LogP contribution >= 0.6 is 0 Å². The van der Waals surface area contributed by atoms with E-state index < -0.39 is 16.6 Å². The highest BCUT2D eigenvalue weighted by Gasteiger charge is 1.99. The molecule has 0 amide bonds. The molecule has 0 radical (unpaired) electrons. The lowest BCUT2D eigenvalue weighted by atomic mass is 10.3. The second kappa shape index (κ2) is 6.40. The molecule has 0 aliphatic heterocycles. The summed E-state index contributed by atoms with van der Waals surface area (Å²) < 4.78 is 29.2. The third-order valence-corrected chi connectivity index (χ3v) is 2.81. The Morgan fingerprint density at radius 3 is 2.62 bits per heavy atom. The second-order valence-electron chi connectivity index (χ2n) is 3.10. The third kappa shape index (κ3) is 4.12. The fraction of sp³-hybridized carbons (Fsp3) is 0.273. The summed E-state index contributed by atoms with van der Waals surface area (Å²) in [6.45, 7) is 0.0225. The summed E-state index contributed by atoms with van der Waals surface area (Å²) in [5, 5.41) is 0. The summed E-state index contributed by atoms with van der Waals surface area (Å²) in [6.07, 6.45) is 2.86. The molecule has 0 fully saturated rings. The van der Waals surface area contributed by atoms with Gasteiger partial charge in [0.1, 0.15) is 18.2 Å². The molecule has 0 aromatic heterocycles. The number of nitrogens with two attached hydrogens (primary N) is 1. The van der Waals surface area contributed by atoms with E-state index in [2.05, 4.69) is 0 Å². The molecule has 0 saturated heterocycles. The third-order valence-electron chi connectivity index (χ3n) is 1.87. The molecule has 3 nitrogen and oxygen atoms in total. The molecule has 0 aliphatic carbocycles. The number of halogens is 1. The lowest BCUT2D eigenvalue weighted by molar-refractivity contribution is 0.318. The van der Waals surface area contributed by atoms with Gasteiger partial charge in [0.25, 0.3) is 0 Å². The fourth-order valence-electron chi connectivity index (χ4n) is 1.07. The molecule has 1 aromatic rings. The van der Waals surface area contributed by atoms with Crippen LogP contribution in [0.5, 0.6) is 5.75 Å². The monoisotopic (exact) mass is 243 g/mol. The van der Waals surface area contributed by atoms with Crippen LogP contribution in [0.15, 0.2) is 41.1 Å². The van der Waals surface area contributed by atoms with E-state index in [9.17, 15) is 8.60 Å². The summed E-state index contributed by atoms with van der Waals surface area (Å²) in [5.41, 5.74) is 5.15. The van der Waals surface area contributed by atoms with Crippen molar-refractivity contribution in [2.24, 2.45) is 5.73 Å². The molecule has 0 heterocycles. The Hall–Kier alpha value is -1.20. The van der Waals surface area contributed by atoms with Crippen LogP contribution in [0, 0.1) is 0 Å². The number of ether oxygens (including phenoxy) is 1. The first kappa shape index (κ1) is 12.9. The maximum atomic E-state index is 12.9. The van der Waals surface area contributed by atoms with Crippen LogP contribution in [0.3, 0.4) is 0 Å². The zero-order chi connectivity index (χ0) is 12.0. The smallest absolute Gasteiger partial charge is 0.139 e. The van der Waals surface area contributed by atoms with Crippen molar-refractivity contribution in [3.63, 3.8) is 0 Å². The summed E-state index contributed by atoms with van der Waals surface area (Å²) in [6, 6.07) is 6.70. The van der Waals surface area contributed by atoms with Crippen LogP contribution in [0.2, 0.25) is 0 Å². The highest BCUT2D eigenvalue weighted by molar-refractivity contribution is 7.84.